The summed E-state index contributed by atoms with van der Waals surface area (Å²) in [6, 6.07) is 0. The number of hydrogen-bond acceptors (Lipinski definition) is 2. The molecule has 0 saturated carbocycles. The van der Waals surface area contributed by atoms with Crippen LogP contribution in [0.5, 0.6) is 0 Å². The summed E-state index contributed by atoms with van der Waals surface area (Å²) in [6.45, 7) is 2.06. The van der Waals surface area contributed by atoms with E-state index in [4.69, 9.17) is 4.74 Å². The first-order valence-electron chi connectivity index (χ1n) is 4.93. The number of ether oxygens (including phenoxy) is 1. The van der Waals surface area contributed by atoms with E-state index in [1.165, 1.54) is 19.3 Å². The number of aldehydes is 1. The van der Waals surface area contributed by atoms with Crippen LogP contribution < -0.4 is 0 Å². The Morgan fingerprint density at radius 1 is 1.17 bits per heavy atom. The number of carbonyl (C=O) groups is 1. The van der Waals surface area contributed by atoms with Gasteiger partial charge in [0.1, 0.15) is 12.4 Å². The third-order valence-corrected chi connectivity index (χ3v) is 2.41. The molecule has 1 aliphatic heterocycles. The van der Waals surface area contributed by atoms with Gasteiger partial charge in [-0.1, -0.05) is 25.7 Å². The molecule has 1 rings (SSSR count). The first-order valence-corrected chi connectivity index (χ1v) is 4.93. The van der Waals surface area contributed by atoms with E-state index in [0.29, 0.717) is 0 Å². The Hall–Kier alpha value is -0.370. The number of hydrogen-bond donors (Lipinski definition) is 0. The van der Waals surface area contributed by atoms with E-state index in [9.17, 15) is 4.79 Å². The molecule has 1 aliphatic rings. The Kier molecular flexibility index (Phi) is 4.30. The molecule has 1 fully saturated rings. The average molecular weight is 170 g/mol. The summed E-state index contributed by atoms with van der Waals surface area (Å²) in [7, 11) is 0. The predicted octanol–water partition coefficient (Wildman–Crippen LogP) is 2.31. The van der Waals surface area contributed by atoms with Crippen molar-refractivity contribution in [2.45, 2.75) is 57.7 Å². The van der Waals surface area contributed by atoms with Crippen LogP contribution in [0.1, 0.15) is 45.4 Å². The standard InChI is InChI=1S/C10H18O2/c1-9-6-4-2-3-5-7-10(8-11)12-9/h8-10H,2-7H2,1H3. The molecule has 0 bridgehead atoms. The van der Waals surface area contributed by atoms with Gasteiger partial charge in [0, 0.05) is 0 Å². The second kappa shape index (κ2) is 5.31. The Labute approximate surface area is 74.3 Å². The van der Waals surface area contributed by atoms with Crippen molar-refractivity contribution in [1.82, 2.24) is 0 Å². The lowest BCUT2D eigenvalue weighted by Gasteiger charge is -2.15. The van der Waals surface area contributed by atoms with Crippen molar-refractivity contribution in [2.75, 3.05) is 0 Å². The summed E-state index contributed by atoms with van der Waals surface area (Å²) in [5, 5.41) is 0. The maximum Gasteiger partial charge on any atom is 0.148 e. The van der Waals surface area contributed by atoms with Crippen LogP contribution >= 0.6 is 0 Å². The molecule has 12 heavy (non-hydrogen) atoms. The summed E-state index contributed by atoms with van der Waals surface area (Å²) < 4.78 is 5.55. The third-order valence-electron chi connectivity index (χ3n) is 2.41. The highest BCUT2D eigenvalue weighted by molar-refractivity contribution is 5.55. The van der Waals surface area contributed by atoms with Gasteiger partial charge in [0.2, 0.25) is 0 Å². The minimum absolute atomic E-state index is 0.141. The highest BCUT2D eigenvalue weighted by Gasteiger charge is 2.13. The van der Waals surface area contributed by atoms with Crippen molar-refractivity contribution in [3.8, 4) is 0 Å². The smallest absolute Gasteiger partial charge is 0.148 e. The van der Waals surface area contributed by atoms with E-state index >= 15 is 0 Å². The van der Waals surface area contributed by atoms with Crippen molar-refractivity contribution < 1.29 is 9.53 Å². The molecule has 0 aromatic rings. The fourth-order valence-corrected chi connectivity index (χ4v) is 1.67. The third kappa shape index (κ3) is 3.35. The van der Waals surface area contributed by atoms with E-state index in [1.807, 2.05) is 0 Å². The van der Waals surface area contributed by atoms with Crippen LogP contribution in [0.15, 0.2) is 0 Å². The van der Waals surface area contributed by atoms with Crippen LogP contribution in [-0.4, -0.2) is 18.5 Å². The first kappa shape index (κ1) is 9.72. The molecule has 2 unspecified atom stereocenters. The van der Waals surface area contributed by atoms with Gasteiger partial charge in [-0.3, -0.25) is 0 Å². The van der Waals surface area contributed by atoms with E-state index < -0.39 is 0 Å². The summed E-state index contributed by atoms with van der Waals surface area (Å²) in [5.41, 5.74) is 0. The molecule has 0 amide bonds. The highest BCUT2D eigenvalue weighted by atomic mass is 16.5. The zero-order valence-electron chi connectivity index (χ0n) is 7.79. The Balaban J connectivity index is 2.37. The van der Waals surface area contributed by atoms with Crippen molar-refractivity contribution in [3.05, 3.63) is 0 Å². The predicted molar refractivity (Wildman–Crippen MR) is 48.1 cm³/mol. The first-order chi connectivity index (χ1) is 5.83. The molecule has 0 N–H and O–H groups in total. The minimum atomic E-state index is -0.141. The summed E-state index contributed by atoms with van der Waals surface area (Å²) >= 11 is 0. The molecule has 1 saturated heterocycles. The molecular formula is C10H18O2. The monoisotopic (exact) mass is 170 g/mol. The van der Waals surface area contributed by atoms with Gasteiger partial charge in [0.25, 0.3) is 0 Å². The molecule has 2 nitrogen and oxygen atoms in total. The van der Waals surface area contributed by atoms with Crippen LogP contribution in [-0.2, 0) is 9.53 Å². The SMILES string of the molecule is CC1CCCCCCC(C=O)O1. The van der Waals surface area contributed by atoms with Crippen molar-refractivity contribution >= 4 is 6.29 Å². The fourth-order valence-electron chi connectivity index (χ4n) is 1.67. The van der Waals surface area contributed by atoms with Crippen LogP contribution in [0, 0.1) is 0 Å². The second-order valence-corrected chi connectivity index (χ2v) is 3.61. The van der Waals surface area contributed by atoms with Gasteiger partial charge in [-0.25, -0.2) is 0 Å². The van der Waals surface area contributed by atoms with Crippen molar-refractivity contribution in [3.63, 3.8) is 0 Å². The van der Waals surface area contributed by atoms with E-state index in [2.05, 4.69) is 6.92 Å². The number of carbonyl (C=O) groups excluding carboxylic acids is 1. The average Bonchev–Trinajstić information content (AvgIpc) is 2.16. The largest absolute Gasteiger partial charge is 0.368 e. The molecule has 0 aliphatic carbocycles. The fraction of sp³-hybridized carbons (Fsp3) is 0.900. The van der Waals surface area contributed by atoms with Crippen molar-refractivity contribution in [2.24, 2.45) is 0 Å². The van der Waals surface area contributed by atoms with E-state index in [1.54, 1.807) is 0 Å². The zero-order chi connectivity index (χ0) is 8.81. The molecule has 1 heterocycles. The highest BCUT2D eigenvalue weighted by Crippen LogP contribution is 2.16. The molecule has 0 spiro atoms. The van der Waals surface area contributed by atoms with Gasteiger partial charge in [-0.2, -0.15) is 0 Å². The lowest BCUT2D eigenvalue weighted by atomic mass is 10.1. The molecule has 2 heteroatoms. The molecule has 0 aromatic carbocycles. The van der Waals surface area contributed by atoms with Gasteiger partial charge in [-0.05, 0) is 19.8 Å². The van der Waals surface area contributed by atoms with Crippen LogP contribution in [0.3, 0.4) is 0 Å². The lowest BCUT2D eigenvalue weighted by Crippen LogP contribution is -2.20. The topological polar surface area (TPSA) is 26.3 Å². The van der Waals surface area contributed by atoms with E-state index in [0.717, 1.165) is 25.5 Å². The van der Waals surface area contributed by atoms with Gasteiger partial charge in [0.15, 0.2) is 0 Å². The van der Waals surface area contributed by atoms with Gasteiger partial charge in [0.05, 0.1) is 6.10 Å². The Bertz CT molecular complexity index is 134. The number of rotatable bonds is 1. The van der Waals surface area contributed by atoms with Crippen LogP contribution in [0.4, 0.5) is 0 Å². The summed E-state index contributed by atoms with van der Waals surface area (Å²) in [6.07, 6.45) is 8.00. The van der Waals surface area contributed by atoms with Crippen LogP contribution in [0.2, 0.25) is 0 Å². The normalized spacial score (nSPS) is 33.1. The van der Waals surface area contributed by atoms with Gasteiger partial charge < -0.3 is 9.53 Å². The lowest BCUT2D eigenvalue weighted by molar-refractivity contribution is -0.121. The van der Waals surface area contributed by atoms with Crippen molar-refractivity contribution in [1.29, 1.82) is 0 Å². The van der Waals surface area contributed by atoms with E-state index in [-0.39, 0.29) is 12.2 Å². The molecule has 2 atom stereocenters. The Morgan fingerprint density at radius 2 is 1.83 bits per heavy atom. The quantitative estimate of drug-likeness (QED) is 0.564. The Morgan fingerprint density at radius 3 is 2.50 bits per heavy atom. The minimum Gasteiger partial charge on any atom is -0.368 e. The maximum atomic E-state index is 10.6. The van der Waals surface area contributed by atoms with Gasteiger partial charge >= 0.3 is 0 Å². The second-order valence-electron chi connectivity index (χ2n) is 3.61. The maximum absolute atomic E-state index is 10.6. The molecule has 0 aromatic heterocycles. The van der Waals surface area contributed by atoms with Crippen LogP contribution in [0.25, 0.3) is 0 Å². The van der Waals surface area contributed by atoms with Gasteiger partial charge in [-0.15, -0.1) is 0 Å². The summed E-state index contributed by atoms with van der Waals surface area (Å²) in [4.78, 5) is 10.6. The zero-order valence-corrected chi connectivity index (χ0v) is 7.79. The summed E-state index contributed by atoms with van der Waals surface area (Å²) in [5.74, 6) is 0. The molecule has 70 valence electrons. The molecular weight excluding hydrogens is 152 g/mol. The molecule has 0 radical (unpaired) electrons.